The van der Waals surface area contributed by atoms with E-state index >= 15 is 0 Å². The highest BCUT2D eigenvalue weighted by Crippen LogP contribution is 2.25. The van der Waals surface area contributed by atoms with Crippen molar-refractivity contribution in [2.45, 2.75) is 51.3 Å². The van der Waals surface area contributed by atoms with Crippen LogP contribution in [-0.2, 0) is 14.3 Å². The van der Waals surface area contributed by atoms with Gasteiger partial charge in [-0.3, -0.25) is 14.5 Å². The molecule has 2 saturated heterocycles. The molecule has 1 aromatic rings. The third kappa shape index (κ3) is 4.17. The maximum absolute atomic E-state index is 13.2. The molecule has 0 radical (unpaired) electrons. The van der Waals surface area contributed by atoms with E-state index in [4.69, 9.17) is 4.74 Å². The van der Waals surface area contributed by atoms with Gasteiger partial charge in [0.15, 0.2) is 0 Å². The van der Waals surface area contributed by atoms with E-state index in [0.29, 0.717) is 19.6 Å². The molecule has 2 heterocycles. The minimum Gasteiger partial charge on any atom is -0.376 e. The highest BCUT2D eigenvalue weighted by Gasteiger charge is 2.40. The minimum absolute atomic E-state index is 0.0142. The van der Waals surface area contributed by atoms with Crippen molar-refractivity contribution in [1.82, 2.24) is 9.80 Å². The van der Waals surface area contributed by atoms with Gasteiger partial charge in [-0.25, -0.2) is 0 Å². The topological polar surface area (TPSA) is 53.1 Å². The highest BCUT2D eigenvalue weighted by atomic mass is 16.5. The third-order valence-corrected chi connectivity index (χ3v) is 5.80. The molecule has 27 heavy (non-hydrogen) atoms. The summed E-state index contributed by atoms with van der Waals surface area (Å²) in [6.07, 6.45) is 2.55. The Morgan fingerprint density at radius 2 is 2.00 bits per heavy atom. The van der Waals surface area contributed by atoms with E-state index in [0.717, 1.165) is 31.6 Å². The van der Waals surface area contributed by atoms with Gasteiger partial charge >= 0.3 is 0 Å². The van der Waals surface area contributed by atoms with Gasteiger partial charge < -0.3 is 14.5 Å². The van der Waals surface area contributed by atoms with Crippen molar-refractivity contribution in [3.8, 4) is 0 Å². The smallest absolute Gasteiger partial charge is 0.249 e. The number of rotatable bonds is 6. The lowest BCUT2D eigenvalue weighted by molar-refractivity contribution is -0.144. The van der Waals surface area contributed by atoms with Gasteiger partial charge in [-0.05, 0) is 31.4 Å². The molecule has 0 bridgehead atoms. The van der Waals surface area contributed by atoms with Gasteiger partial charge in [0.05, 0.1) is 18.8 Å². The standard InChI is InChI=1S/C21H31N3O3/c1-4-17-15-23(13-14-27-17)18(5-2)20(25)22(3)19-11-12-24(21(19)26)16-9-7-6-8-10-16/h6-10,17-19H,4-5,11-15H2,1-3H3. The first-order chi connectivity index (χ1) is 13.1. The monoisotopic (exact) mass is 373 g/mol. The van der Waals surface area contributed by atoms with E-state index in [-0.39, 0.29) is 30.0 Å². The van der Waals surface area contributed by atoms with E-state index in [1.807, 2.05) is 37.3 Å². The van der Waals surface area contributed by atoms with Crippen LogP contribution >= 0.6 is 0 Å². The summed E-state index contributed by atoms with van der Waals surface area (Å²) in [4.78, 5) is 31.8. The number of hydrogen-bond donors (Lipinski definition) is 0. The fraction of sp³-hybridized carbons (Fsp3) is 0.619. The maximum atomic E-state index is 13.2. The van der Waals surface area contributed by atoms with Crippen molar-refractivity contribution < 1.29 is 14.3 Å². The average molecular weight is 373 g/mol. The first-order valence-electron chi connectivity index (χ1n) is 10.1. The Balaban J connectivity index is 1.68. The lowest BCUT2D eigenvalue weighted by Gasteiger charge is -2.39. The summed E-state index contributed by atoms with van der Waals surface area (Å²) in [5.74, 6) is 0.0582. The van der Waals surface area contributed by atoms with Crippen LogP contribution in [0.5, 0.6) is 0 Å². The van der Waals surface area contributed by atoms with E-state index in [1.165, 1.54) is 0 Å². The summed E-state index contributed by atoms with van der Waals surface area (Å²) in [6, 6.07) is 9.11. The van der Waals surface area contributed by atoms with Gasteiger partial charge in [-0.2, -0.15) is 0 Å². The molecule has 0 saturated carbocycles. The molecule has 0 spiro atoms. The molecule has 148 valence electrons. The first-order valence-corrected chi connectivity index (χ1v) is 10.1. The molecular weight excluding hydrogens is 342 g/mol. The fourth-order valence-electron chi connectivity index (χ4n) is 4.14. The van der Waals surface area contributed by atoms with Gasteiger partial charge in [-0.1, -0.05) is 32.0 Å². The predicted octanol–water partition coefficient (Wildman–Crippen LogP) is 2.14. The predicted molar refractivity (Wildman–Crippen MR) is 106 cm³/mol. The Bertz CT molecular complexity index is 651. The molecule has 3 unspecified atom stereocenters. The summed E-state index contributed by atoms with van der Waals surface area (Å²) in [5, 5.41) is 0. The van der Waals surface area contributed by atoms with E-state index in [2.05, 4.69) is 11.8 Å². The number of likely N-dealkylation sites (N-methyl/N-ethyl adjacent to an activating group) is 1. The van der Waals surface area contributed by atoms with Gasteiger partial charge in [0, 0.05) is 32.4 Å². The second kappa shape index (κ2) is 8.85. The number of hydrogen-bond acceptors (Lipinski definition) is 4. The van der Waals surface area contributed by atoms with Crippen LogP contribution in [0, 0.1) is 0 Å². The van der Waals surface area contributed by atoms with Crippen molar-refractivity contribution in [1.29, 1.82) is 0 Å². The van der Waals surface area contributed by atoms with E-state index in [9.17, 15) is 9.59 Å². The molecule has 2 fully saturated rings. The van der Waals surface area contributed by atoms with Crippen LogP contribution in [0.1, 0.15) is 33.1 Å². The van der Waals surface area contributed by atoms with Crippen molar-refractivity contribution in [2.24, 2.45) is 0 Å². The van der Waals surface area contributed by atoms with Crippen molar-refractivity contribution in [3.05, 3.63) is 30.3 Å². The number of carbonyl (C=O) groups excluding carboxylic acids is 2. The number of benzene rings is 1. The van der Waals surface area contributed by atoms with Gasteiger partial charge in [0.25, 0.3) is 0 Å². The molecule has 6 heteroatoms. The summed E-state index contributed by atoms with van der Waals surface area (Å²) >= 11 is 0. The van der Waals surface area contributed by atoms with Crippen LogP contribution < -0.4 is 4.90 Å². The normalized spacial score (nSPS) is 24.9. The second-order valence-electron chi connectivity index (χ2n) is 7.40. The fourth-order valence-corrected chi connectivity index (χ4v) is 4.14. The van der Waals surface area contributed by atoms with E-state index < -0.39 is 0 Å². The Morgan fingerprint density at radius 3 is 2.67 bits per heavy atom. The molecule has 2 aliphatic heterocycles. The highest BCUT2D eigenvalue weighted by molar-refractivity contribution is 6.01. The molecule has 0 aromatic heterocycles. The Labute approximate surface area is 162 Å². The number of nitrogens with zero attached hydrogens (tertiary/aromatic N) is 3. The molecule has 6 nitrogen and oxygen atoms in total. The van der Waals surface area contributed by atoms with Crippen molar-refractivity contribution in [2.75, 3.05) is 38.2 Å². The SMILES string of the molecule is CCC1CN(C(CC)C(=O)N(C)C2CCN(c3ccccc3)C2=O)CCO1. The molecule has 2 aliphatic rings. The number of carbonyl (C=O) groups is 2. The van der Waals surface area contributed by atoms with E-state index in [1.54, 1.807) is 16.8 Å². The van der Waals surface area contributed by atoms with Crippen molar-refractivity contribution in [3.63, 3.8) is 0 Å². The van der Waals surface area contributed by atoms with Gasteiger partial charge in [-0.15, -0.1) is 0 Å². The zero-order valence-electron chi connectivity index (χ0n) is 16.6. The lowest BCUT2D eigenvalue weighted by atomic mass is 10.1. The second-order valence-corrected chi connectivity index (χ2v) is 7.40. The quantitative estimate of drug-likeness (QED) is 0.767. The number of morpholine rings is 1. The molecule has 2 amide bonds. The minimum atomic E-state index is -0.380. The molecule has 1 aromatic carbocycles. The summed E-state index contributed by atoms with van der Waals surface area (Å²) < 4.78 is 5.74. The van der Waals surface area contributed by atoms with Crippen LogP contribution in [0.3, 0.4) is 0 Å². The van der Waals surface area contributed by atoms with Crippen LogP contribution in [-0.4, -0.2) is 73.1 Å². The molecule has 3 atom stereocenters. The molecule has 3 rings (SSSR count). The number of ether oxygens (including phenoxy) is 1. The summed E-state index contributed by atoms with van der Waals surface area (Å²) in [5.41, 5.74) is 0.900. The van der Waals surface area contributed by atoms with Gasteiger partial charge in [0.1, 0.15) is 6.04 Å². The number of para-hydroxylation sites is 1. The van der Waals surface area contributed by atoms with Crippen LogP contribution in [0.15, 0.2) is 30.3 Å². The van der Waals surface area contributed by atoms with Crippen LogP contribution in [0.4, 0.5) is 5.69 Å². The molecule has 0 aliphatic carbocycles. The summed E-state index contributed by atoms with van der Waals surface area (Å²) in [6.45, 7) is 7.01. The van der Waals surface area contributed by atoms with Crippen LogP contribution in [0.25, 0.3) is 0 Å². The third-order valence-electron chi connectivity index (χ3n) is 5.80. The number of anilines is 1. The average Bonchev–Trinajstić information content (AvgIpc) is 3.10. The Hall–Kier alpha value is -1.92. The zero-order valence-corrected chi connectivity index (χ0v) is 16.6. The largest absolute Gasteiger partial charge is 0.376 e. The maximum Gasteiger partial charge on any atom is 0.249 e. The lowest BCUT2D eigenvalue weighted by Crippen LogP contribution is -2.55. The Kier molecular flexibility index (Phi) is 6.50. The summed E-state index contributed by atoms with van der Waals surface area (Å²) in [7, 11) is 1.78. The Morgan fingerprint density at radius 1 is 1.26 bits per heavy atom. The first kappa shape index (κ1) is 19.8. The molecule has 0 N–H and O–H groups in total. The van der Waals surface area contributed by atoms with Crippen molar-refractivity contribution >= 4 is 17.5 Å². The number of amides is 2. The zero-order chi connectivity index (χ0) is 19.4. The van der Waals surface area contributed by atoms with Crippen LogP contribution in [0.2, 0.25) is 0 Å². The van der Waals surface area contributed by atoms with Gasteiger partial charge in [0.2, 0.25) is 11.8 Å². The molecular formula is C21H31N3O3.